The van der Waals surface area contributed by atoms with Crippen molar-refractivity contribution in [1.82, 2.24) is 5.32 Å². The zero-order chi connectivity index (χ0) is 15.5. The predicted molar refractivity (Wildman–Crippen MR) is 90.4 cm³/mol. The standard InChI is InChI=1S/C16H11ClN2O2S/c17-11-6-2-3-7-12(11)18-16-19-15(21)14(22-16)9-10-5-1-4-8-13(10)20/h1-9,20H,(H,18,19,21). The number of aromatic hydroxyl groups is 1. The van der Waals surface area contributed by atoms with Gasteiger partial charge in [-0.1, -0.05) is 41.9 Å². The third-order valence-corrected chi connectivity index (χ3v) is 4.18. The largest absolute Gasteiger partial charge is 0.507 e. The Balaban J connectivity index is 1.88. The Kier molecular flexibility index (Phi) is 4.18. The first-order chi connectivity index (χ1) is 10.6. The highest BCUT2D eigenvalue weighted by molar-refractivity contribution is 8.18. The van der Waals surface area contributed by atoms with Crippen LogP contribution < -0.4 is 5.32 Å². The number of hydrogen-bond acceptors (Lipinski definition) is 4. The molecule has 2 aromatic carbocycles. The number of aliphatic imine (C=N–C) groups is 1. The third-order valence-electron chi connectivity index (χ3n) is 2.95. The van der Waals surface area contributed by atoms with Crippen LogP contribution in [0.3, 0.4) is 0 Å². The van der Waals surface area contributed by atoms with Gasteiger partial charge in [0.1, 0.15) is 5.75 Å². The molecule has 2 N–H and O–H groups in total. The van der Waals surface area contributed by atoms with Crippen LogP contribution in [0.15, 0.2) is 58.4 Å². The number of phenolic OH excluding ortho intramolecular Hbond substituents is 1. The second-order valence-corrected chi connectivity index (χ2v) is 5.93. The van der Waals surface area contributed by atoms with Gasteiger partial charge in [0.05, 0.1) is 15.6 Å². The van der Waals surface area contributed by atoms with Crippen LogP contribution in [0, 0.1) is 0 Å². The quantitative estimate of drug-likeness (QED) is 0.820. The van der Waals surface area contributed by atoms with Gasteiger partial charge in [0.15, 0.2) is 5.17 Å². The molecule has 0 saturated carbocycles. The van der Waals surface area contributed by atoms with Crippen LogP contribution in [0.2, 0.25) is 5.02 Å². The van der Waals surface area contributed by atoms with Crippen molar-refractivity contribution in [2.75, 3.05) is 0 Å². The molecule has 0 bridgehead atoms. The molecule has 1 fully saturated rings. The molecule has 1 saturated heterocycles. The molecule has 4 nitrogen and oxygen atoms in total. The molecule has 0 spiro atoms. The number of phenols is 1. The van der Waals surface area contributed by atoms with Crippen molar-refractivity contribution < 1.29 is 9.90 Å². The monoisotopic (exact) mass is 330 g/mol. The van der Waals surface area contributed by atoms with Crippen molar-refractivity contribution in [2.24, 2.45) is 4.99 Å². The molecule has 1 amide bonds. The molecule has 3 rings (SSSR count). The zero-order valence-corrected chi connectivity index (χ0v) is 12.9. The van der Waals surface area contributed by atoms with Crippen LogP contribution in [0.1, 0.15) is 5.56 Å². The number of rotatable bonds is 2. The fourth-order valence-corrected chi connectivity index (χ4v) is 2.89. The van der Waals surface area contributed by atoms with E-state index in [1.165, 1.54) is 11.8 Å². The van der Waals surface area contributed by atoms with Crippen molar-refractivity contribution in [3.8, 4) is 5.75 Å². The Morgan fingerprint density at radius 2 is 1.86 bits per heavy atom. The maximum atomic E-state index is 12.0. The summed E-state index contributed by atoms with van der Waals surface area (Å²) >= 11 is 7.26. The van der Waals surface area contributed by atoms with E-state index >= 15 is 0 Å². The van der Waals surface area contributed by atoms with Crippen molar-refractivity contribution in [3.63, 3.8) is 0 Å². The van der Waals surface area contributed by atoms with Gasteiger partial charge in [0, 0.05) is 5.56 Å². The molecule has 0 aliphatic carbocycles. The summed E-state index contributed by atoms with van der Waals surface area (Å²) in [7, 11) is 0. The van der Waals surface area contributed by atoms with Gasteiger partial charge in [-0.15, -0.1) is 0 Å². The van der Waals surface area contributed by atoms with E-state index in [0.717, 1.165) is 0 Å². The highest BCUT2D eigenvalue weighted by Crippen LogP contribution is 2.31. The first-order valence-corrected chi connectivity index (χ1v) is 7.65. The minimum absolute atomic E-state index is 0.125. The lowest BCUT2D eigenvalue weighted by atomic mass is 10.2. The SMILES string of the molecule is O=C1NC(=Nc2ccccc2Cl)SC1=Cc1ccccc1O. The van der Waals surface area contributed by atoms with Crippen LogP contribution in [0.25, 0.3) is 6.08 Å². The van der Waals surface area contributed by atoms with Gasteiger partial charge >= 0.3 is 0 Å². The maximum absolute atomic E-state index is 12.0. The summed E-state index contributed by atoms with van der Waals surface area (Å²) in [5.74, 6) is -0.126. The van der Waals surface area contributed by atoms with Crippen LogP contribution >= 0.6 is 23.4 Å². The maximum Gasteiger partial charge on any atom is 0.264 e. The number of amidine groups is 1. The molecule has 6 heteroatoms. The molecule has 2 aromatic rings. The second-order valence-electron chi connectivity index (χ2n) is 4.49. The molecule has 22 heavy (non-hydrogen) atoms. The van der Waals surface area contributed by atoms with E-state index < -0.39 is 0 Å². The van der Waals surface area contributed by atoms with E-state index in [9.17, 15) is 9.90 Å². The minimum atomic E-state index is -0.251. The molecule has 1 aliphatic heterocycles. The van der Waals surface area contributed by atoms with Gasteiger partial charge < -0.3 is 10.4 Å². The lowest BCUT2D eigenvalue weighted by Crippen LogP contribution is -2.19. The van der Waals surface area contributed by atoms with Crippen LogP contribution in [0.5, 0.6) is 5.75 Å². The summed E-state index contributed by atoms with van der Waals surface area (Å²) in [6.45, 7) is 0. The normalized spacial score (nSPS) is 18.0. The van der Waals surface area contributed by atoms with E-state index in [-0.39, 0.29) is 11.7 Å². The summed E-state index contributed by atoms with van der Waals surface area (Å²) in [6, 6.07) is 14.0. The first kappa shape index (κ1) is 14.7. The summed E-state index contributed by atoms with van der Waals surface area (Å²) in [6.07, 6.45) is 1.63. The average Bonchev–Trinajstić information content (AvgIpc) is 2.84. The summed E-state index contributed by atoms with van der Waals surface area (Å²) in [5, 5.41) is 13.4. The van der Waals surface area contributed by atoms with Gasteiger partial charge in [0.25, 0.3) is 5.91 Å². The molecule has 0 aromatic heterocycles. The number of halogens is 1. The van der Waals surface area contributed by atoms with Gasteiger partial charge in [-0.05, 0) is 36.0 Å². The Morgan fingerprint density at radius 3 is 2.64 bits per heavy atom. The van der Waals surface area contributed by atoms with Crippen molar-refractivity contribution >= 4 is 46.2 Å². The topological polar surface area (TPSA) is 61.7 Å². The number of hydrogen-bond donors (Lipinski definition) is 2. The van der Waals surface area contributed by atoms with Gasteiger partial charge in [-0.3, -0.25) is 4.79 Å². The smallest absolute Gasteiger partial charge is 0.264 e. The van der Waals surface area contributed by atoms with E-state index in [1.807, 2.05) is 12.1 Å². The summed E-state index contributed by atoms with van der Waals surface area (Å²) in [4.78, 5) is 16.8. The second kappa shape index (κ2) is 6.25. The lowest BCUT2D eigenvalue weighted by molar-refractivity contribution is -0.115. The number of thioether (sulfide) groups is 1. The van der Waals surface area contributed by atoms with Crippen LogP contribution in [0.4, 0.5) is 5.69 Å². The Hall–Kier alpha value is -2.24. The molecular weight excluding hydrogens is 320 g/mol. The zero-order valence-electron chi connectivity index (χ0n) is 11.3. The van der Waals surface area contributed by atoms with Crippen molar-refractivity contribution in [3.05, 3.63) is 64.0 Å². The van der Waals surface area contributed by atoms with Crippen LogP contribution in [-0.4, -0.2) is 16.2 Å². The number of nitrogens with one attached hydrogen (secondary N) is 1. The highest BCUT2D eigenvalue weighted by Gasteiger charge is 2.24. The van der Waals surface area contributed by atoms with Crippen LogP contribution in [-0.2, 0) is 4.79 Å². The third kappa shape index (κ3) is 3.16. The van der Waals surface area contributed by atoms with Gasteiger partial charge in [0.2, 0.25) is 0 Å². The van der Waals surface area contributed by atoms with E-state index in [2.05, 4.69) is 10.3 Å². The molecule has 1 heterocycles. The highest BCUT2D eigenvalue weighted by atomic mass is 35.5. The van der Waals surface area contributed by atoms with Gasteiger partial charge in [-0.25, -0.2) is 4.99 Å². The average molecular weight is 331 g/mol. The van der Waals surface area contributed by atoms with E-state index in [0.29, 0.717) is 26.3 Å². The van der Waals surface area contributed by atoms with Gasteiger partial charge in [-0.2, -0.15) is 0 Å². The Labute approximate surface area is 136 Å². The lowest BCUT2D eigenvalue weighted by Gasteiger charge is -1.98. The number of benzene rings is 2. The van der Waals surface area contributed by atoms with Crippen molar-refractivity contribution in [2.45, 2.75) is 0 Å². The molecule has 0 unspecified atom stereocenters. The predicted octanol–water partition coefficient (Wildman–Crippen LogP) is 3.94. The number of carbonyl (C=O) groups is 1. The van der Waals surface area contributed by atoms with E-state index in [4.69, 9.17) is 11.6 Å². The molecular formula is C16H11ClN2O2S. The number of carbonyl (C=O) groups excluding carboxylic acids is 1. The number of nitrogens with zero attached hydrogens (tertiary/aromatic N) is 1. The van der Waals surface area contributed by atoms with E-state index in [1.54, 1.807) is 42.5 Å². The Morgan fingerprint density at radius 1 is 1.14 bits per heavy atom. The minimum Gasteiger partial charge on any atom is -0.507 e. The molecule has 0 atom stereocenters. The first-order valence-electron chi connectivity index (χ1n) is 6.45. The van der Waals surface area contributed by atoms with Crippen molar-refractivity contribution in [1.29, 1.82) is 0 Å². The fourth-order valence-electron chi connectivity index (χ4n) is 1.88. The number of amides is 1. The Bertz CT molecular complexity index is 802. The summed E-state index contributed by atoms with van der Waals surface area (Å²) in [5.41, 5.74) is 1.18. The molecule has 110 valence electrons. The molecule has 1 aliphatic rings. The number of para-hydroxylation sites is 2. The summed E-state index contributed by atoms with van der Waals surface area (Å²) < 4.78 is 0. The fraction of sp³-hybridized carbons (Fsp3) is 0. The molecule has 0 radical (unpaired) electrons.